The van der Waals surface area contributed by atoms with Crippen LogP contribution in [0.3, 0.4) is 0 Å². The van der Waals surface area contributed by atoms with E-state index in [2.05, 4.69) is 30.9 Å². The predicted molar refractivity (Wildman–Crippen MR) is 70.8 cm³/mol. The van der Waals surface area contributed by atoms with Crippen LogP contribution < -0.4 is 16.0 Å². The quantitative estimate of drug-likeness (QED) is 0.712. The number of aromatic nitrogens is 3. The van der Waals surface area contributed by atoms with Gasteiger partial charge in [-0.05, 0) is 25.4 Å². The third kappa shape index (κ3) is 5.13. The highest BCUT2D eigenvalue weighted by atomic mass is 35.5. The second-order valence-electron chi connectivity index (χ2n) is 3.90. The zero-order chi connectivity index (χ0) is 13.5. The Hall–Kier alpha value is -1.63. The molecule has 100 valence electrons. The normalized spacial score (nSPS) is 10.3. The fraction of sp³-hybridized carbons (Fsp3) is 0.600. The van der Waals surface area contributed by atoms with Gasteiger partial charge in [-0.1, -0.05) is 0 Å². The highest BCUT2D eigenvalue weighted by Crippen LogP contribution is 2.08. The largest absolute Gasteiger partial charge is 0.357 e. The van der Waals surface area contributed by atoms with Crippen molar-refractivity contribution >= 4 is 29.4 Å². The second-order valence-corrected chi connectivity index (χ2v) is 4.24. The molecule has 0 fully saturated rings. The average molecular weight is 273 g/mol. The van der Waals surface area contributed by atoms with Crippen LogP contribution in [0, 0.1) is 0 Å². The van der Waals surface area contributed by atoms with Crippen LogP contribution in [0.1, 0.15) is 20.3 Å². The predicted octanol–water partition coefficient (Wildman–Crippen LogP) is 0.893. The third-order valence-corrected chi connectivity index (χ3v) is 2.09. The molecule has 0 aliphatic heterocycles. The maximum Gasteiger partial charge on any atom is 0.228 e. The summed E-state index contributed by atoms with van der Waals surface area (Å²) in [5.74, 6) is 0.701. The Morgan fingerprint density at radius 1 is 1.28 bits per heavy atom. The molecular weight excluding hydrogens is 256 g/mol. The highest BCUT2D eigenvalue weighted by Gasteiger charge is 2.05. The SMILES string of the molecule is CNc1nc(Cl)nc(NCCC(=O)NC(C)C)n1. The molecule has 0 aliphatic carbocycles. The van der Waals surface area contributed by atoms with Crippen molar-refractivity contribution in [1.82, 2.24) is 20.3 Å². The first-order valence-electron chi connectivity index (χ1n) is 5.64. The zero-order valence-electron chi connectivity index (χ0n) is 10.6. The van der Waals surface area contributed by atoms with Gasteiger partial charge in [0.15, 0.2) is 0 Å². The number of rotatable bonds is 6. The van der Waals surface area contributed by atoms with Crippen molar-refractivity contribution in [3.05, 3.63) is 5.28 Å². The number of halogens is 1. The molecule has 0 saturated heterocycles. The van der Waals surface area contributed by atoms with Crippen molar-refractivity contribution in [3.63, 3.8) is 0 Å². The first-order valence-corrected chi connectivity index (χ1v) is 6.01. The lowest BCUT2D eigenvalue weighted by Crippen LogP contribution is -2.31. The Balaban J connectivity index is 2.44. The van der Waals surface area contributed by atoms with Gasteiger partial charge in [-0.2, -0.15) is 15.0 Å². The molecule has 7 nitrogen and oxygen atoms in total. The van der Waals surface area contributed by atoms with Crippen LogP contribution in [0.4, 0.5) is 11.9 Å². The summed E-state index contributed by atoms with van der Waals surface area (Å²) in [6.07, 6.45) is 0.344. The fourth-order valence-corrected chi connectivity index (χ4v) is 1.38. The summed E-state index contributed by atoms with van der Waals surface area (Å²) < 4.78 is 0. The molecule has 3 N–H and O–H groups in total. The van der Waals surface area contributed by atoms with Gasteiger partial charge in [-0.3, -0.25) is 4.79 Å². The standard InChI is InChI=1S/C10H17ClN6O/c1-6(2)14-7(18)4-5-13-10-16-8(11)15-9(12-3)17-10/h6H,4-5H2,1-3H3,(H,14,18)(H2,12,13,15,16,17). The number of amides is 1. The van der Waals surface area contributed by atoms with Gasteiger partial charge >= 0.3 is 0 Å². The lowest BCUT2D eigenvalue weighted by atomic mass is 10.3. The number of carbonyl (C=O) groups excluding carboxylic acids is 1. The van der Waals surface area contributed by atoms with E-state index in [1.807, 2.05) is 13.8 Å². The van der Waals surface area contributed by atoms with E-state index in [0.29, 0.717) is 24.9 Å². The number of nitrogens with zero attached hydrogens (tertiary/aromatic N) is 3. The minimum atomic E-state index is -0.0218. The highest BCUT2D eigenvalue weighted by molar-refractivity contribution is 6.28. The molecule has 1 heterocycles. The van der Waals surface area contributed by atoms with E-state index in [9.17, 15) is 4.79 Å². The van der Waals surface area contributed by atoms with Gasteiger partial charge < -0.3 is 16.0 Å². The van der Waals surface area contributed by atoms with Gasteiger partial charge in [-0.15, -0.1) is 0 Å². The van der Waals surface area contributed by atoms with Crippen LogP contribution >= 0.6 is 11.6 Å². The summed E-state index contributed by atoms with van der Waals surface area (Å²) in [5.41, 5.74) is 0. The Bertz CT molecular complexity index is 411. The minimum absolute atomic E-state index is 0.0218. The van der Waals surface area contributed by atoms with Crippen LogP contribution in [0.15, 0.2) is 0 Å². The number of anilines is 2. The summed E-state index contributed by atoms with van der Waals surface area (Å²) in [7, 11) is 1.69. The smallest absolute Gasteiger partial charge is 0.228 e. The Kier molecular flexibility index (Phi) is 5.57. The lowest BCUT2D eigenvalue weighted by molar-refractivity contribution is -0.121. The molecular formula is C10H17ClN6O. The van der Waals surface area contributed by atoms with Crippen LogP contribution in [-0.4, -0.2) is 40.5 Å². The van der Waals surface area contributed by atoms with Crippen molar-refractivity contribution in [1.29, 1.82) is 0 Å². The summed E-state index contributed by atoms with van der Waals surface area (Å²) >= 11 is 5.72. The maximum atomic E-state index is 11.4. The first kappa shape index (κ1) is 14.4. The number of nitrogens with one attached hydrogen (secondary N) is 3. The third-order valence-electron chi connectivity index (χ3n) is 1.92. The fourth-order valence-electron chi connectivity index (χ4n) is 1.22. The number of hydrogen-bond acceptors (Lipinski definition) is 6. The molecule has 0 aliphatic rings. The molecule has 1 amide bonds. The topological polar surface area (TPSA) is 91.8 Å². The van der Waals surface area contributed by atoms with E-state index in [4.69, 9.17) is 11.6 Å². The molecule has 1 rings (SSSR count). The molecule has 0 unspecified atom stereocenters. The molecule has 0 atom stereocenters. The van der Waals surface area contributed by atoms with Crippen molar-refractivity contribution in [3.8, 4) is 0 Å². The molecule has 0 spiro atoms. The summed E-state index contributed by atoms with van der Waals surface area (Å²) in [6, 6.07) is 0.139. The maximum absolute atomic E-state index is 11.4. The van der Waals surface area contributed by atoms with Crippen molar-refractivity contribution < 1.29 is 4.79 Å². The number of carbonyl (C=O) groups is 1. The minimum Gasteiger partial charge on any atom is -0.357 e. The van der Waals surface area contributed by atoms with Gasteiger partial charge in [0.1, 0.15) is 0 Å². The van der Waals surface area contributed by atoms with E-state index < -0.39 is 0 Å². The molecule has 0 saturated carbocycles. The van der Waals surface area contributed by atoms with Gasteiger partial charge in [0.05, 0.1) is 0 Å². The number of hydrogen-bond donors (Lipinski definition) is 3. The Labute approximate surface area is 111 Å². The van der Waals surface area contributed by atoms with Crippen molar-refractivity contribution in [2.45, 2.75) is 26.3 Å². The van der Waals surface area contributed by atoms with Crippen LogP contribution in [0.2, 0.25) is 5.28 Å². The van der Waals surface area contributed by atoms with E-state index in [1.165, 1.54) is 0 Å². The van der Waals surface area contributed by atoms with E-state index in [-0.39, 0.29) is 17.2 Å². The lowest BCUT2D eigenvalue weighted by Gasteiger charge is -2.09. The van der Waals surface area contributed by atoms with Gasteiger partial charge in [0.25, 0.3) is 0 Å². The van der Waals surface area contributed by atoms with E-state index in [1.54, 1.807) is 7.05 Å². The molecule has 1 aromatic rings. The van der Waals surface area contributed by atoms with Crippen LogP contribution in [0.5, 0.6) is 0 Å². The van der Waals surface area contributed by atoms with Gasteiger partial charge in [0.2, 0.25) is 23.1 Å². The first-order chi connectivity index (χ1) is 8.51. The van der Waals surface area contributed by atoms with E-state index >= 15 is 0 Å². The monoisotopic (exact) mass is 272 g/mol. The second kappa shape index (κ2) is 6.95. The van der Waals surface area contributed by atoms with Crippen molar-refractivity contribution in [2.24, 2.45) is 0 Å². The molecule has 0 radical (unpaired) electrons. The summed E-state index contributed by atoms with van der Waals surface area (Å²) in [6.45, 7) is 4.26. The molecule has 18 heavy (non-hydrogen) atoms. The molecule has 1 aromatic heterocycles. The average Bonchev–Trinajstić information content (AvgIpc) is 2.27. The molecule has 8 heteroatoms. The van der Waals surface area contributed by atoms with Crippen LogP contribution in [0.25, 0.3) is 0 Å². The molecule has 0 bridgehead atoms. The zero-order valence-corrected chi connectivity index (χ0v) is 11.4. The summed E-state index contributed by atoms with van der Waals surface area (Å²) in [4.78, 5) is 23.2. The van der Waals surface area contributed by atoms with Gasteiger partial charge in [0, 0.05) is 26.1 Å². The Morgan fingerprint density at radius 3 is 2.56 bits per heavy atom. The molecule has 0 aromatic carbocycles. The Morgan fingerprint density at radius 2 is 1.94 bits per heavy atom. The van der Waals surface area contributed by atoms with Gasteiger partial charge in [-0.25, -0.2) is 0 Å². The summed E-state index contributed by atoms with van der Waals surface area (Å²) in [5, 5.41) is 8.58. The van der Waals surface area contributed by atoms with Crippen molar-refractivity contribution in [2.75, 3.05) is 24.2 Å². The van der Waals surface area contributed by atoms with Crippen LogP contribution in [-0.2, 0) is 4.79 Å². The van der Waals surface area contributed by atoms with E-state index in [0.717, 1.165) is 0 Å².